The summed E-state index contributed by atoms with van der Waals surface area (Å²) in [6.45, 7) is 0. The van der Waals surface area contributed by atoms with E-state index in [2.05, 4.69) is 101 Å². The van der Waals surface area contributed by atoms with Gasteiger partial charge in [-0.3, -0.25) is 0 Å². The third-order valence-corrected chi connectivity index (χ3v) is 4.10. The molecule has 0 aliphatic heterocycles. The van der Waals surface area contributed by atoms with Gasteiger partial charge in [0.15, 0.2) is 0 Å². The van der Waals surface area contributed by atoms with Crippen molar-refractivity contribution in [2.45, 2.75) is 6.42 Å². The van der Waals surface area contributed by atoms with Gasteiger partial charge < -0.3 is 0 Å². The van der Waals surface area contributed by atoms with Crippen molar-refractivity contribution in [1.29, 1.82) is 0 Å². The Labute approximate surface area is 133 Å². The number of rotatable bonds is 3. The Morgan fingerprint density at radius 1 is 0.550 bits per heavy atom. The molecule has 0 saturated carbocycles. The molecule has 98 valence electrons. The summed E-state index contributed by atoms with van der Waals surface area (Å²) in [6, 6.07) is 28.1. The lowest BCUT2D eigenvalue weighted by Gasteiger charge is -2.05. The highest BCUT2D eigenvalue weighted by Gasteiger charge is 1.99. The molecule has 3 aromatic carbocycles. The zero-order chi connectivity index (χ0) is 13.8. The van der Waals surface area contributed by atoms with Gasteiger partial charge in [0.25, 0.3) is 0 Å². The van der Waals surface area contributed by atoms with E-state index in [1.807, 2.05) is 0 Å². The first-order valence-electron chi connectivity index (χ1n) is 6.70. The van der Waals surface area contributed by atoms with Crippen LogP contribution in [0, 0.1) is 3.57 Å². The summed E-state index contributed by atoms with van der Waals surface area (Å²) in [6.07, 6.45) is 0.994. The van der Waals surface area contributed by atoms with E-state index >= 15 is 0 Å². The Bertz CT molecular complexity index is 667. The fourth-order valence-electron chi connectivity index (χ4n) is 2.29. The highest BCUT2D eigenvalue weighted by molar-refractivity contribution is 14.1. The second-order valence-electron chi connectivity index (χ2n) is 4.87. The van der Waals surface area contributed by atoms with Crippen molar-refractivity contribution in [2.75, 3.05) is 0 Å². The molecular weight excluding hydrogens is 355 g/mol. The van der Waals surface area contributed by atoms with E-state index in [1.165, 1.54) is 25.8 Å². The van der Waals surface area contributed by atoms with Gasteiger partial charge in [-0.15, -0.1) is 0 Å². The van der Waals surface area contributed by atoms with Crippen molar-refractivity contribution in [1.82, 2.24) is 0 Å². The van der Waals surface area contributed by atoms with E-state index in [0.29, 0.717) is 0 Å². The molecule has 20 heavy (non-hydrogen) atoms. The summed E-state index contributed by atoms with van der Waals surface area (Å²) >= 11 is 2.33. The van der Waals surface area contributed by atoms with Crippen molar-refractivity contribution in [3.8, 4) is 11.1 Å². The average molecular weight is 370 g/mol. The molecule has 0 bridgehead atoms. The minimum absolute atomic E-state index is 0.994. The molecule has 0 fully saturated rings. The molecule has 0 saturated heterocycles. The van der Waals surface area contributed by atoms with Crippen LogP contribution in [0.15, 0.2) is 78.9 Å². The van der Waals surface area contributed by atoms with E-state index < -0.39 is 0 Å². The molecule has 0 heterocycles. The standard InChI is InChI=1S/C19H15I/c20-19-12-10-18(11-13-19)17-8-6-16(7-9-17)14-15-4-2-1-3-5-15/h1-13H,14H2. The van der Waals surface area contributed by atoms with Gasteiger partial charge in [0.2, 0.25) is 0 Å². The van der Waals surface area contributed by atoms with E-state index in [9.17, 15) is 0 Å². The SMILES string of the molecule is Ic1ccc(-c2ccc(Cc3ccccc3)cc2)cc1. The van der Waals surface area contributed by atoms with Gasteiger partial charge in [-0.2, -0.15) is 0 Å². The molecule has 3 aromatic rings. The second kappa shape index (κ2) is 6.23. The monoisotopic (exact) mass is 370 g/mol. The summed E-state index contributed by atoms with van der Waals surface area (Å²) < 4.78 is 1.27. The lowest BCUT2D eigenvalue weighted by molar-refractivity contribution is 1.19. The van der Waals surface area contributed by atoms with Crippen molar-refractivity contribution < 1.29 is 0 Å². The third kappa shape index (κ3) is 3.28. The molecule has 0 aromatic heterocycles. The Morgan fingerprint density at radius 3 is 1.65 bits per heavy atom. The first-order valence-corrected chi connectivity index (χ1v) is 7.78. The third-order valence-electron chi connectivity index (χ3n) is 3.38. The highest BCUT2D eigenvalue weighted by Crippen LogP contribution is 2.21. The topological polar surface area (TPSA) is 0 Å². The summed E-state index contributed by atoms with van der Waals surface area (Å²) in [4.78, 5) is 0. The van der Waals surface area contributed by atoms with E-state index in [4.69, 9.17) is 0 Å². The quantitative estimate of drug-likeness (QED) is 0.531. The van der Waals surface area contributed by atoms with Crippen LogP contribution >= 0.6 is 22.6 Å². The average Bonchev–Trinajstić information content (AvgIpc) is 2.50. The maximum absolute atomic E-state index is 2.33. The predicted molar refractivity (Wildman–Crippen MR) is 93.8 cm³/mol. The molecule has 0 aliphatic rings. The molecular formula is C19H15I. The van der Waals surface area contributed by atoms with Crippen LogP contribution in [-0.2, 0) is 6.42 Å². The van der Waals surface area contributed by atoms with Crippen LogP contribution in [0.4, 0.5) is 0 Å². The highest BCUT2D eigenvalue weighted by atomic mass is 127. The fraction of sp³-hybridized carbons (Fsp3) is 0.0526. The minimum Gasteiger partial charge on any atom is -0.0622 e. The molecule has 1 heteroatoms. The molecule has 0 atom stereocenters. The second-order valence-corrected chi connectivity index (χ2v) is 6.11. The van der Waals surface area contributed by atoms with E-state index in [0.717, 1.165) is 6.42 Å². The molecule has 0 N–H and O–H groups in total. The minimum atomic E-state index is 0.994. The Hall–Kier alpha value is -1.61. The Balaban J connectivity index is 1.79. The largest absolute Gasteiger partial charge is 0.0622 e. The van der Waals surface area contributed by atoms with Crippen LogP contribution < -0.4 is 0 Å². The van der Waals surface area contributed by atoms with Crippen LogP contribution in [0.5, 0.6) is 0 Å². The summed E-state index contributed by atoms with van der Waals surface area (Å²) in [7, 11) is 0. The van der Waals surface area contributed by atoms with E-state index in [-0.39, 0.29) is 0 Å². The number of hydrogen-bond acceptors (Lipinski definition) is 0. The molecule has 0 radical (unpaired) electrons. The zero-order valence-corrected chi connectivity index (χ0v) is 13.2. The first kappa shape index (κ1) is 13.4. The van der Waals surface area contributed by atoms with Gasteiger partial charge in [-0.1, -0.05) is 66.7 Å². The molecule has 0 spiro atoms. The van der Waals surface area contributed by atoms with Crippen molar-refractivity contribution in [2.24, 2.45) is 0 Å². The van der Waals surface area contributed by atoms with Crippen molar-refractivity contribution >= 4 is 22.6 Å². The number of halogens is 1. The van der Waals surface area contributed by atoms with Crippen LogP contribution in [0.3, 0.4) is 0 Å². The normalized spacial score (nSPS) is 10.4. The maximum atomic E-state index is 2.33. The lowest BCUT2D eigenvalue weighted by atomic mass is 10.0. The van der Waals surface area contributed by atoms with Crippen LogP contribution in [0.2, 0.25) is 0 Å². The molecule has 0 nitrogen and oxygen atoms in total. The maximum Gasteiger partial charge on any atom is 0.0130 e. The van der Waals surface area contributed by atoms with Crippen molar-refractivity contribution in [3.05, 3.63) is 93.6 Å². The van der Waals surface area contributed by atoms with Crippen LogP contribution in [0.25, 0.3) is 11.1 Å². The summed E-state index contributed by atoms with van der Waals surface area (Å²) in [5, 5.41) is 0. The van der Waals surface area contributed by atoms with Crippen LogP contribution in [-0.4, -0.2) is 0 Å². The smallest absolute Gasteiger partial charge is 0.0130 e. The van der Waals surface area contributed by atoms with Gasteiger partial charge >= 0.3 is 0 Å². The number of hydrogen-bond donors (Lipinski definition) is 0. The van der Waals surface area contributed by atoms with Gasteiger partial charge in [-0.05, 0) is 63.4 Å². The Kier molecular flexibility index (Phi) is 4.16. The van der Waals surface area contributed by atoms with Gasteiger partial charge in [-0.25, -0.2) is 0 Å². The van der Waals surface area contributed by atoms with Gasteiger partial charge in [0.05, 0.1) is 0 Å². The summed E-state index contributed by atoms with van der Waals surface area (Å²) in [5.74, 6) is 0. The zero-order valence-electron chi connectivity index (χ0n) is 11.1. The predicted octanol–water partition coefficient (Wildman–Crippen LogP) is 5.55. The number of benzene rings is 3. The lowest BCUT2D eigenvalue weighted by Crippen LogP contribution is -1.87. The van der Waals surface area contributed by atoms with E-state index in [1.54, 1.807) is 0 Å². The van der Waals surface area contributed by atoms with Crippen LogP contribution in [0.1, 0.15) is 11.1 Å². The fourth-order valence-corrected chi connectivity index (χ4v) is 2.65. The van der Waals surface area contributed by atoms with Crippen molar-refractivity contribution in [3.63, 3.8) is 0 Å². The van der Waals surface area contributed by atoms with Gasteiger partial charge in [0.1, 0.15) is 0 Å². The molecule has 0 unspecified atom stereocenters. The molecule has 3 rings (SSSR count). The molecule has 0 aliphatic carbocycles. The first-order chi connectivity index (χ1) is 9.81. The Morgan fingerprint density at radius 2 is 1.05 bits per heavy atom. The van der Waals surface area contributed by atoms with Gasteiger partial charge in [0, 0.05) is 3.57 Å². The molecule has 0 amide bonds. The summed E-state index contributed by atoms with van der Waals surface area (Å²) in [5.41, 5.74) is 5.26.